The average molecular weight is 259 g/mol. The number of nitrogens with zero attached hydrogens (tertiary/aromatic N) is 2. The Morgan fingerprint density at radius 2 is 1.89 bits per heavy atom. The maximum atomic E-state index is 5.62. The Morgan fingerprint density at radius 1 is 1.16 bits per heavy atom. The van der Waals surface area contributed by atoms with Crippen molar-refractivity contribution in [2.45, 2.75) is 13.5 Å². The molecule has 19 heavy (non-hydrogen) atoms. The van der Waals surface area contributed by atoms with E-state index in [-0.39, 0.29) is 0 Å². The van der Waals surface area contributed by atoms with E-state index < -0.39 is 0 Å². The highest BCUT2D eigenvalue weighted by atomic mass is 16.5. The van der Waals surface area contributed by atoms with Crippen LogP contribution in [0.4, 0.5) is 0 Å². The predicted octanol–water partition coefficient (Wildman–Crippen LogP) is 2.31. The molecule has 0 amide bonds. The molecule has 1 N–H and O–H groups in total. The monoisotopic (exact) mass is 259 g/mol. The molecule has 0 saturated carbocycles. The van der Waals surface area contributed by atoms with E-state index in [4.69, 9.17) is 9.47 Å². The molecule has 0 aliphatic rings. The molecule has 0 fully saturated rings. The summed E-state index contributed by atoms with van der Waals surface area (Å²) in [7, 11) is 3.49. The fraction of sp³-hybridized carbons (Fsp3) is 0.286. The topological polar surface area (TPSA) is 56.3 Å². The van der Waals surface area contributed by atoms with Gasteiger partial charge in [0, 0.05) is 24.5 Å². The number of hydrogen-bond acceptors (Lipinski definition) is 5. The van der Waals surface area contributed by atoms with Crippen LogP contribution < -0.4 is 14.8 Å². The van der Waals surface area contributed by atoms with Gasteiger partial charge in [-0.25, -0.2) is 9.97 Å². The summed E-state index contributed by atoms with van der Waals surface area (Å²) in [5.74, 6) is 1.28. The largest absolute Gasteiger partial charge is 0.493 e. The van der Waals surface area contributed by atoms with Crippen molar-refractivity contribution in [1.82, 2.24) is 15.3 Å². The average Bonchev–Trinajstić information content (AvgIpc) is 2.43. The number of benzene rings is 1. The predicted molar refractivity (Wildman–Crippen MR) is 72.6 cm³/mol. The van der Waals surface area contributed by atoms with Crippen molar-refractivity contribution in [3.8, 4) is 17.5 Å². The Balaban J connectivity index is 2.16. The zero-order valence-corrected chi connectivity index (χ0v) is 11.3. The van der Waals surface area contributed by atoms with Crippen molar-refractivity contribution in [3.63, 3.8) is 0 Å². The Hall–Kier alpha value is -2.14. The first-order valence-corrected chi connectivity index (χ1v) is 6.01. The molecule has 100 valence electrons. The molecule has 2 aromatic rings. The molecule has 0 unspecified atom stereocenters. The van der Waals surface area contributed by atoms with Gasteiger partial charge in [0.05, 0.1) is 7.11 Å². The van der Waals surface area contributed by atoms with Gasteiger partial charge in [-0.15, -0.1) is 0 Å². The van der Waals surface area contributed by atoms with E-state index in [9.17, 15) is 0 Å². The molecule has 2 rings (SSSR count). The van der Waals surface area contributed by atoms with E-state index in [1.54, 1.807) is 19.5 Å². The molecule has 1 aromatic carbocycles. The maximum Gasteiger partial charge on any atom is 0.322 e. The number of hydrogen-bond donors (Lipinski definition) is 1. The van der Waals surface area contributed by atoms with Crippen molar-refractivity contribution in [2.75, 3.05) is 14.2 Å². The summed E-state index contributed by atoms with van der Waals surface area (Å²) in [6, 6.07) is 6.01. The minimum atomic E-state index is 0.307. The number of nitrogens with one attached hydrogen (secondary N) is 1. The quantitative estimate of drug-likeness (QED) is 0.893. The van der Waals surface area contributed by atoms with Crippen molar-refractivity contribution < 1.29 is 9.47 Å². The maximum absolute atomic E-state index is 5.62. The van der Waals surface area contributed by atoms with E-state index in [2.05, 4.69) is 15.3 Å². The first kappa shape index (κ1) is 13.3. The minimum Gasteiger partial charge on any atom is -0.493 e. The number of aryl methyl sites for hydroxylation is 1. The minimum absolute atomic E-state index is 0.307. The van der Waals surface area contributed by atoms with Crippen LogP contribution in [0.3, 0.4) is 0 Å². The first-order chi connectivity index (χ1) is 9.22. The lowest BCUT2D eigenvalue weighted by Gasteiger charge is -2.09. The van der Waals surface area contributed by atoms with E-state index in [1.807, 2.05) is 32.2 Å². The molecule has 0 saturated heterocycles. The van der Waals surface area contributed by atoms with E-state index in [1.165, 1.54) is 0 Å². The van der Waals surface area contributed by atoms with Gasteiger partial charge in [0.2, 0.25) is 0 Å². The number of methoxy groups -OCH3 is 1. The van der Waals surface area contributed by atoms with Crippen LogP contribution in [0.2, 0.25) is 0 Å². The van der Waals surface area contributed by atoms with Crippen molar-refractivity contribution in [3.05, 3.63) is 41.7 Å². The van der Waals surface area contributed by atoms with E-state index in [0.29, 0.717) is 17.5 Å². The fourth-order valence-electron chi connectivity index (χ4n) is 1.65. The first-order valence-electron chi connectivity index (χ1n) is 6.01. The Kier molecular flexibility index (Phi) is 4.30. The molecule has 5 nitrogen and oxygen atoms in total. The normalized spacial score (nSPS) is 10.3. The molecule has 0 spiro atoms. The standard InChI is InChI=1S/C14H17N3O2/c1-10-4-5-12(13(6-10)18-3)19-14-16-8-11(7-15-2)9-17-14/h4-6,8-9,15H,7H2,1-3H3. The molecule has 0 bridgehead atoms. The summed E-state index contributed by atoms with van der Waals surface area (Å²) < 4.78 is 10.9. The van der Waals surface area contributed by atoms with Gasteiger partial charge in [-0.2, -0.15) is 0 Å². The SMILES string of the molecule is CNCc1cnc(Oc2ccc(C)cc2OC)nc1. The third kappa shape index (κ3) is 3.42. The summed E-state index contributed by atoms with van der Waals surface area (Å²) in [6.45, 7) is 2.73. The Labute approximate surface area is 112 Å². The summed E-state index contributed by atoms with van der Waals surface area (Å²) in [5, 5.41) is 3.04. The highest BCUT2D eigenvalue weighted by molar-refractivity contribution is 5.43. The second kappa shape index (κ2) is 6.15. The summed E-state index contributed by atoms with van der Waals surface area (Å²) >= 11 is 0. The van der Waals surface area contributed by atoms with Gasteiger partial charge < -0.3 is 14.8 Å². The Morgan fingerprint density at radius 3 is 2.53 bits per heavy atom. The lowest BCUT2D eigenvalue weighted by atomic mass is 10.2. The van der Waals surface area contributed by atoms with Gasteiger partial charge in [0.25, 0.3) is 0 Å². The molecular formula is C14H17N3O2. The van der Waals surface area contributed by atoms with Gasteiger partial charge in [0.1, 0.15) is 0 Å². The van der Waals surface area contributed by atoms with Crippen LogP contribution in [0.1, 0.15) is 11.1 Å². The molecule has 1 aromatic heterocycles. The summed E-state index contributed by atoms with van der Waals surface area (Å²) in [5.41, 5.74) is 2.11. The third-order valence-corrected chi connectivity index (χ3v) is 2.58. The fourth-order valence-corrected chi connectivity index (χ4v) is 1.65. The number of ether oxygens (including phenoxy) is 2. The van der Waals surface area contributed by atoms with Crippen LogP contribution in [-0.4, -0.2) is 24.1 Å². The molecule has 0 aliphatic carbocycles. The summed E-state index contributed by atoms with van der Waals surface area (Å²) in [4.78, 5) is 8.32. The van der Waals surface area contributed by atoms with Crippen LogP contribution in [0.5, 0.6) is 17.5 Å². The summed E-state index contributed by atoms with van der Waals surface area (Å²) in [6.07, 6.45) is 3.47. The van der Waals surface area contributed by atoms with Gasteiger partial charge in [-0.05, 0) is 31.7 Å². The zero-order chi connectivity index (χ0) is 13.7. The van der Waals surface area contributed by atoms with Crippen molar-refractivity contribution in [1.29, 1.82) is 0 Å². The second-order valence-corrected chi connectivity index (χ2v) is 4.16. The third-order valence-electron chi connectivity index (χ3n) is 2.58. The van der Waals surface area contributed by atoms with Crippen molar-refractivity contribution in [2.24, 2.45) is 0 Å². The molecular weight excluding hydrogens is 242 g/mol. The zero-order valence-electron chi connectivity index (χ0n) is 11.3. The van der Waals surface area contributed by atoms with E-state index >= 15 is 0 Å². The second-order valence-electron chi connectivity index (χ2n) is 4.16. The van der Waals surface area contributed by atoms with Gasteiger partial charge >= 0.3 is 6.01 Å². The Bertz CT molecular complexity index is 541. The number of aromatic nitrogens is 2. The van der Waals surface area contributed by atoms with Crippen LogP contribution in [0.15, 0.2) is 30.6 Å². The molecule has 0 aliphatic heterocycles. The van der Waals surface area contributed by atoms with Gasteiger partial charge in [-0.3, -0.25) is 0 Å². The van der Waals surface area contributed by atoms with Crippen LogP contribution in [0.25, 0.3) is 0 Å². The molecule has 0 radical (unpaired) electrons. The number of rotatable bonds is 5. The highest BCUT2D eigenvalue weighted by Crippen LogP contribution is 2.30. The molecule has 0 atom stereocenters. The van der Waals surface area contributed by atoms with Gasteiger partial charge in [0.15, 0.2) is 11.5 Å². The van der Waals surface area contributed by atoms with Gasteiger partial charge in [-0.1, -0.05) is 6.07 Å². The van der Waals surface area contributed by atoms with Crippen LogP contribution in [0, 0.1) is 6.92 Å². The lowest BCUT2D eigenvalue weighted by Crippen LogP contribution is -2.06. The van der Waals surface area contributed by atoms with Crippen LogP contribution >= 0.6 is 0 Å². The molecule has 1 heterocycles. The smallest absolute Gasteiger partial charge is 0.322 e. The highest BCUT2D eigenvalue weighted by Gasteiger charge is 2.07. The molecule has 5 heteroatoms. The van der Waals surface area contributed by atoms with Crippen molar-refractivity contribution >= 4 is 0 Å². The van der Waals surface area contributed by atoms with Crippen LogP contribution in [-0.2, 0) is 6.54 Å². The van der Waals surface area contributed by atoms with E-state index in [0.717, 1.165) is 17.7 Å². The lowest BCUT2D eigenvalue weighted by molar-refractivity contribution is 0.367.